The van der Waals surface area contributed by atoms with Crippen LogP contribution < -0.4 is 24.3 Å². The zero-order valence-electron chi connectivity index (χ0n) is 17.7. The molecule has 0 radical (unpaired) electrons. The largest absolute Gasteiger partial charge is 0.493 e. The number of carbonyl (C=O) groups excluding carboxylic acids is 1. The Bertz CT molecular complexity index is 904. The highest BCUT2D eigenvalue weighted by Gasteiger charge is 2.41. The van der Waals surface area contributed by atoms with Gasteiger partial charge in [-0.3, -0.25) is 4.79 Å². The molecule has 0 atom stereocenters. The number of nitrogens with one attached hydrogen (secondary N) is 1. The first kappa shape index (κ1) is 20.4. The Morgan fingerprint density at radius 1 is 1.03 bits per heavy atom. The lowest BCUT2D eigenvalue weighted by Gasteiger charge is -2.36. The normalized spacial score (nSPS) is 16.7. The minimum Gasteiger partial charge on any atom is -0.493 e. The van der Waals surface area contributed by atoms with Crippen LogP contribution in [-0.4, -0.2) is 26.4 Å². The van der Waals surface area contributed by atoms with E-state index >= 15 is 0 Å². The molecule has 1 heterocycles. The third-order valence-corrected chi connectivity index (χ3v) is 6.05. The maximum Gasteiger partial charge on any atom is 0.231 e. The van der Waals surface area contributed by atoms with Crippen molar-refractivity contribution in [3.63, 3.8) is 0 Å². The predicted molar refractivity (Wildman–Crippen MR) is 113 cm³/mol. The zero-order chi connectivity index (χ0) is 21.0. The first-order chi connectivity index (χ1) is 14.7. The van der Waals surface area contributed by atoms with Crippen molar-refractivity contribution in [2.24, 2.45) is 0 Å². The van der Waals surface area contributed by atoms with Gasteiger partial charge in [0.05, 0.1) is 19.1 Å². The van der Waals surface area contributed by atoms with E-state index in [1.165, 1.54) is 0 Å². The Balaban J connectivity index is 1.53. The van der Waals surface area contributed by atoms with Crippen molar-refractivity contribution < 1.29 is 23.7 Å². The molecule has 0 saturated heterocycles. The Hall–Kier alpha value is -2.89. The van der Waals surface area contributed by atoms with E-state index in [0.29, 0.717) is 24.7 Å². The van der Waals surface area contributed by atoms with Gasteiger partial charge in [-0.25, -0.2) is 0 Å². The Kier molecular flexibility index (Phi) is 6.02. The van der Waals surface area contributed by atoms with E-state index in [1.54, 1.807) is 7.11 Å². The number of rotatable bonds is 7. The van der Waals surface area contributed by atoms with Crippen LogP contribution in [0.15, 0.2) is 36.4 Å². The number of fused-ring (bicyclic) bond motifs is 1. The molecule has 0 spiro atoms. The van der Waals surface area contributed by atoms with Crippen molar-refractivity contribution in [2.75, 3.05) is 20.5 Å². The number of methoxy groups -OCH3 is 1. The average Bonchev–Trinajstić information content (AvgIpc) is 3.26. The van der Waals surface area contributed by atoms with Gasteiger partial charge < -0.3 is 24.3 Å². The van der Waals surface area contributed by atoms with Gasteiger partial charge in [-0.15, -0.1) is 0 Å². The van der Waals surface area contributed by atoms with Crippen LogP contribution in [-0.2, 0) is 16.8 Å². The Labute approximate surface area is 177 Å². The molecular formula is C24H29NO5. The summed E-state index contributed by atoms with van der Waals surface area (Å²) in [5.74, 6) is 2.91. The van der Waals surface area contributed by atoms with Gasteiger partial charge in [0, 0.05) is 6.54 Å². The molecule has 1 saturated carbocycles. The standard InChI is InChI=1S/C24H29NO5/c1-3-28-19-9-7-17(13-21(19)27-2)15-25-23(26)24(11-5-4-6-12-24)18-8-10-20-22(14-18)30-16-29-20/h7-10,13-14H,3-6,11-12,15-16H2,1-2H3,(H,25,26). The topological polar surface area (TPSA) is 66.0 Å². The first-order valence-electron chi connectivity index (χ1n) is 10.6. The van der Waals surface area contributed by atoms with Crippen molar-refractivity contribution in [3.8, 4) is 23.0 Å². The molecule has 1 N–H and O–H groups in total. The fourth-order valence-electron chi connectivity index (χ4n) is 4.44. The quantitative estimate of drug-likeness (QED) is 0.734. The minimum atomic E-state index is -0.533. The van der Waals surface area contributed by atoms with Crippen LogP contribution >= 0.6 is 0 Å². The maximum absolute atomic E-state index is 13.5. The molecule has 1 aliphatic carbocycles. The Morgan fingerprint density at radius 2 is 1.83 bits per heavy atom. The van der Waals surface area contributed by atoms with Gasteiger partial charge in [0.1, 0.15) is 0 Å². The highest BCUT2D eigenvalue weighted by molar-refractivity contribution is 5.88. The van der Waals surface area contributed by atoms with Crippen LogP contribution in [0.25, 0.3) is 0 Å². The van der Waals surface area contributed by atoms with Crippen molar-refractivity contribution in [1.29, 1.82) is 0 Å². The van der Waals surface area contributed by atoms with E-state index in [0.717, 1.165) is 54.7 Å². The van der Waals surface area contributed by atoms with Gasteiger partial charge >= 0.3 is 0 Å². The van der Waals surface area contributed by atoms with Crippen molar-refractivity contribution in [3.05, 3.63) is 47.5 Å². The number of benzene rings is 2. The second-order valence-corrected chi connectivity index (χ2v) is 7.81. The molecule has 0 aromatic heterocycles. The second-order valence-electron chi connectivity index (χ2n) is 7.81. The second kappa shape index (κ2) is 8.86. The third-order valence-electron chi connectivity index (χ3n) is 6.05. The summed E-state index contributed by atoms with van der Waals surface area (Å²) in [5.41, 5.74) is 1.45. The highest BCUT2D eigenvalue weighted by Crippen LogP contribution is 2.43. The van der Waals surface area contributed by atoms with Crippen molar-refractivity contribution in [1.82, 2.24) is 5.32 Å². The summed E-state index contributed by atoms with van der Waals surface area (Å²) in [4.78, 5) is 13.5. The molecule has 1 amide bonds. The lowest BCUT2D eigenvalue weighted by Crippen LogP contribution is -2.45. The summed E-state index contributed by atoms with van der Waals surface area (Å²) >= 11 is 0. The van der Waals surface area contributed by atoms with Gasteiger partial charge in [-0.1, -0.05) is 31.4 Å². The molecule has 6 heteroatoms. The number of hydrogen-bond acceptors (Lipinski definition) is 5. The van der Waals surface area contributed by atoms with E-state index in [2.05, 4.69) is 5.32 Å². The molecule has 0 unspecified atom stereocenters. The van der Waals surface area contributed by atoms with E-state index in [-0.39, 0.29) is 12.7 Å². The van der Waals surface area contributed by atoms with Crippen molar-refractivity contribution in [2.45, 2.75) is 51.0 Å². The first-order valence-corrected chi connectivity index (χ1v) is 10.6. The molecular weight excluding hydrogens is 382 g/mol. The summed E-state index contributed by atoms with van der Waals surface area (Å²) in [6, 6.07) is 11.7. The molecule has 160 valence electrons. The van der Waals surface area contributed by atoms with Crippen molar-refractivity contribution >= 4 is 5.91 Å². The van der Waals surface area contributed by atoms with Crippen LogP contribution in [0.1, 0.15) is 50.2 Å². The summed E-state index contributed by atoms with van der Waals surface area (Å²) in [6.07, 6.45) is 4.92. The summed E-state index contributed by atoms with van der Waals surface area (Å²) in [7, 11) is 1.62. The SMILES string of the molecule is CCOc1ccc(CNC(=O)C2(c3ccc4c(c3)OCO4)CCCCC2)cc1OC. The molecule has 1 fully saturated rings. The lowest BCUT2D eigenvalue weighted by molar-refractivity contribution is -0.128. The monoisotopic (exact) mass is 411 g/mol. The summed E-state index contributed by atoms with van der Waals surface area (Å²) < 4.78 is 22.0. The Morgan fingerprint density at radius 3 is 2.60 bits per heavy atom. The smallest absolute Gasteiger partial charge is 0.231 e. The van der Waals surface area contributed by atoms with E-state index in [4.69, 9.17) is 18.9 Å². The maximum atomic E-state index is 13.5. The molecule has 2 aliphatic rings. The minimum absolute atomic E-state index is 0.0638. The highest BCUT2D eigenvalue weighted by atomic mass is 16.7. The lowest BCUT2D eigenvalue weighted by atomic mass is 9.68. The predicted octanol–water partition coefficient (Wildman–Crippen LogP) is 4.34. The van der Waals surface area contributed by atoms with Gasteiger partial charge in [0.15, 0.2) is 23.0 Å². The van der Waals surface area contributed by atoms with Gasteiger partial charge in [0.2, 0.25) is 12.7 Å². The fraction of sp³-hybridized carbons (Fsp3) is 0.458. The van der Waals surface area contributed by atoms with E-state index < -0.39 is 5.41 Å². The van der Waals surface area contributed by atoms with Gasteiger partial charge in [0.25, 0.3) is 0 Å². The van der Waals surface area contributed by atoms with Crippen LogP contribution in [0.4, 0.5) is 0 Å². The fourth-order valence-corrected chi connectivity index (χ4v) is 4.44. The van der Waals surface area contributed by atoms with Crippen LogP contribution in [0.2, 0.25) is 0 Å². The average molecular weight is 411 g/mol. The summed E-state index contributed by atoms with van der Waals surface area (Å²) in [5, 5.41) is 3.17. The van der Waals surface area contributed by atoms with E-state index in [1.807, 2.05) is 43.3 Å². The van der Waals surface area contributed by atoms with E-state index in [9.17, 15) is 4.79 Å². The van der Waals surface area contributed by atoms with Gasteiger partial charge in [-0.05, 0) is 55.2 Å². The summed E-state index contributed by atoms with van der Waals surface area (Å²) in [6.45, 7) is 3.18. The number of hydrogen-bond donors (Lipinski definition) is 1. The molecule has 2 aromatic rings. The molecule has 4 rings (SSSR count). The zero-order valence-corrected chi connectivity index (χ0v) is 17.7. The van der Waals surface area contributed by atoms with Crippen LogP contribution in [0.3, 0.4) is 0 Å². The molecule has 30 heavy (non-hydrogen) atoms. The third kappa shape index (κ3) is 3.91. The molecule has 2 aromatic carbocycles. The number of carbonyl (C=O) groups is 1. The van der Waals surface area contributed by atoms with Crippen LogP contribution in [0.5, 0.6) is 23.0 Å². The van der Waals surface area contributed by atoms with Gasteiger partial charge in [-0.2, -0.15) is 0 Å². The molecule has 1 aliphatic heterocycles. The van der Waals surface area contributed by atoms with Crippen LogP contribution in [0, 0.1) is 0 Å². The number of ether oxygens (including phenoxy) is 4. The number of amides is 1. The molecule has 6 nitrogen and oxygen atoms in total. The molecule has 0 bridgehead atoms.